The van der Waals surface area contributed by atoms with Crippen molar-refractivity contribution in [2.24, 2.45) is 0 Å². The molecule has 0 unspecified atom stereocenters. The molecule has 0 aliphatic heterocycles. The van der Waals surface area contributed by atoms with E-state index in [9.17, 15) is 9.90 Å². The lowest BCUT2D eigenvalue weighted by molar-refractivity contribution is -0.127. The van der Waals surface area contributed by atoms with E-state index in [0.717, 1.165) is 25.7 Å². The molecule has 2 rings (SSSR count). The number of benzene rings is 1. The Labute approximate surface area is 135 Å². The van der Waals surface area contributed by atoms with Crippen LogP contribution in [0.4, 0.5) is 0 Å². The number of amides is 1. The van der Waals surface area contributed by atoms with Crippen LogP contribution in [0, 0.1) is 0 Å². The van der Waals surface area contributed by atoms with Gasteiger partial charge in [-0.15, -0.1) is 0 Å². The Hall–Kier alpha value is -1.03. The van der Waals surface area contributed by atoms with E-state index in [2.05, 4.69) is 0 Å². The van der Waals surface area contributed by atoms with E-state index < -0.39 is 5.60 Å². The Kier molecular flexibility index (Phi) is 5.31. The van der Waals surface area contributed by atoms with Crippen LogP contribution in [-0.2, 0) is 4.79 Å². The van der Waals surface area contributed by atoms with Gasteiger partial charge in [0.2, 0.25) is 5.91 Å². The van der Waals surface area contributed by atoms with Gasteiger partial charge in [-0.1, -0.05) is 42.1 Å². The van der Waals surface area contributed by atoms with Gasteiger partial charge < -0.3 is 10.0 Å². The minimum atomic E-state index is -0.736. The van der Waals surface area contributed by atoms with Crippen molar-refractivity contribution in [2.75, 3.05) is 13.6 Å². The molecule has 114 valence electrons. The van der Waals surface area contributed by atoms with E-state index in [4.69, 9.17) is 23.2 Å². The summed E-state index contributed by atoms with van der Waals surface area (Å²) in [5.74, 6) is -0.175. The summed E-state index contributed by atoms with van der Waals surface area (Å²) in [5.41, 5.74) is -0.109. The van der Waals surface area contributed by atoms with E-state index in [1.165, 1.54) is 11.0 Å². The predicted molar refractivity (Wildman–Crippen MR) is 86.6 cm³/mol. The zero-order valence-corrected chi connectivity index (χ0v) is 13.5. The van der Waals surface area contributed by atoms with Crippen LogP contribution < -0.4 is 0 Å². The molecule has 0 aromatic heterocycles. The molecule has 21 heavy (non-hydrogen) atoms. The number of halogens is 2. The Morgan fingerprint density at radius 3 is 2.48 bits per heavy atom. The fraction of sp³-hybridized carbons (Fsp3) is 0.438. The first-order valence-corrected chi connectivity index (χ1v) is 7.76. The molecular formula is C16H19Cl2NO2. The lowest BCUT2D eigenvalue weighted by Crippen LogP contribution is -2.41. The van der Waals surface area contributed by atoms with Crippen LogP contribution in [0.25, 0.3) is 6.08 Å². The highest BCUT2D eigenvalue weighted by Gasteiger charge is 2.32. The summed E-state index contributed by atoms with van der Waals surface area (Å²) in [6.45, 7) is 0.354. The summed E-state index contributed by atoms with van der Waals surface area (Å²) >= 11 is 12.1. The van der Waals surface area contributed by atoms with E-state index in [-0.39, 0.29) is 5.91 Å². The second kappa shape index (κ2) is 6.82. The van der Waals surface area contributed by atoms with Gasteiger partial charge in [0.05, 0.1) is 5.60 Å². The van der Waals surface area contributed by atoms with Crippen LogP contribution in [0.3, 0.4) is 0 Å². The molecule has 1 amide bonds. The maximum absolute atomic E-state index is 12.1. The Morgan fingerprint density at radius 1 is 1.33 bits per heavy atom. The first-order valence-electron chi connectivity index (χ1n) is 7.01. The second-order valence-electron chi connectivity index (χ2n) is 5.59. The summed E-state index contributed by atoms with van der Waals surface area (Å²) in [6, 6.07) is 5.21. The van der Waals surface area contributed by atoms with Gasteiger partial charge in [0.25, 0.3) is 0 Å². The van der Waals surface area contributed by atoms with Gasteiger partial charge in [0, 0.05) is 35.3 Å². The normalized spacial score (nSPS) is 17.3. The highest BCUT2D eigenvalue weighted by Crippen LogP contribution is 2.30. The summed E-state index contributed by atoms with van der Waals surface area (Å²) in [7, 11) is 1.69. The average Bonchev–Trinajstić information content (AvgIpc) is 2.84. The molecule has 1 N–H and O–H groups in total. The van der Waals surface area contributed by atoms with E-state index in [0.29, 0.717) is 22.2 Å². The lowest BCUT2D eigenvalue weighted by Gasteiger charge is -2.27. The van der Waals surface area contributed by atoms with Crippen molar-refractivity contribution < 1.29 is 9.90 Å². The van der Waals surface area contributed by atoms with Crippen LogP contribution in [-0.4, -0.2) is 35.1 Å². The van der Waals surface area contributed by atoms with Crippen molar-refractivity contribution >= 4 is 35.2 Å². The molecule has 0 radical (unpaired) electrons. The summed E-state index contributed by atoms with van der Waals surface area (Å²) < 4.78 is 0. The fourth-order valence-electron chi connectivity index (χ4n) is 2.66. The zero-order chi connectivity index (χ0) is 15.5. The topological polar surface area (TPSA) is 40.5 Å². The fourth-order valence-corrected chi connectivity index (χ4v) is 3.19. The molecule has 0 bridgehead atoms. The third-order valence-corrected chi connectivity index (χ3v) is 4.49. The molecule has 0 heterocycles. The van der Waals surface area contributed by atoms with Gasteiger partial charge in [-0.05, 0) is 31.1 Å². The molecule has 0 spiro atoms. The van der Waals surface area contributed by atoms with E-state index >= 15 is 0 Å². The first-order chi connectivity index (χ1) is 9.91. The van der Waals surface area contributed by atoms with E-state index in [1.807, 2.05) is 0 Å². The highest BCUT2D eigenvalue weighted by molar-refractivity contribution is 6.37. The van der Waals surface area contributed by atoms with Gasteiger partial charge in [-0.25, -0.2) is 0 Å². The molecule has 1 fully saturated rings. The van der Waals surface area contributed by atoms with Crippen molar-refractivity contribution in [2.45, 2.75) is 31.3 Å². The van der Waals surface area contributed by atoms with Crippen LogP contribution in [0.15, 0.2) is 24.3 Å². The van der Waals surface area contributed by atoms with Crippen LogP contribution in [0.2, 0.25) is 10.0 Å². The summed E-state index contributed by atoms with van der Waals surface area (Å²) in [6.07, 6.45) is 6.59. The number of hydrogen-bond donors (Lipinski definition) is 1. The molecular weight excluding hydrogens is 309 g/mol. The van der Waals surface area contributed by atoms with Gasteiger partial charge in [0.15, 0.2) is 0 Å². The average molecular weight is 328 g/mol. The molecule has 1 aliphatic rings. The predicted octanol–water partition coefficient (Wildman–Crippen LogP) is 3.77. The SMILES string of the molecule is CN(CC1(O)CCCC1)C(=O)/C=C/c1c(Cl)cccc1Cl. The maximum Gasteiger partial charge on any atom is 0.246 e. The van der Waals surface area contributed by atoms with Gasteiger partial charge in [-0.2, -0.15) is 0 Å². The Morgan fingerprint density at radius 2 is 1.90 bits per heavy atom. The smallest absolute Gasteiger partial charge is 0.246 e. The number of carbonyl (C=O) groups excluding carboxylic acids is 1. The standard InChI is InChI=1S/C16H19Cl2NO2/c1-19(11-16(21)9-2-3-10-16)15(20)8-7-12-13(17)5-4-6-14(12)18/h4-8,21H,2-3,9-11H2,1H3/b8-7+. The van der Waals surface area contributed by atoms with Crippen LogP contribution in [0.1, 0.15) is 31.2 Å². The maximum atomic E-state index is 12.1. The van der Waals surface area contributed by atoms with Crippen molar-refractivity contribution in [3.63, 3.8) is 0 Å². The van der Waals surface area contributed by atoms with Crippen LogP contribution >= 0.6 is 23.2 Å². The Balaban J connectivity index is 2.02. The molecule has 1 aromatic rings. The largest absolute Gasteiger partial charge is 0.388 e. The van der Waals surface area contributed by atoms with Gasteiger partial charge in [-0.3, -0.25) is 4.79 Å². The third kappa shape index (κ3) is 4.22. The molecule has 3 nitrogen and oxygen atoms in total. The molecule has 0 saturated heterocycles. The third-order valence-electron chi connectivity index (χ3n) is 3.83. The highest BCUT2D eigenvalue weighted by atomic mass is 35.5. The molecule has 0 atom stereocenters. The molecule has 1 saturated carbocycles. The molecule has 1 aromatic carbocycles. The van der Waals surface area contributed by atoms with Crippen molar-refractivity contribution in [3.05, 3.63) is 39.9 Å². The first kappa shape index (κ1) is 16.3. The van der Waals surface area contributed by atoms with Crippen molar-refractivity contribution in [3.8, 4) is 0 Å². The van der Waals surface area contributed by atoms with Gasteiger partial charge in [0.1, 0.15) is 0 Å². The lowest BCUT2D eigenvalue weighted by atomic mass is 10.0. The van der Waals surface area contributed by atoms with E-state index in [1.54, 1.807) is 31.3 Å². The minimum absolute atomic E-state index is 0.175. The second-order valence-corrected chi connectivity index (χ2v) is 6.41. The Bertz CT molecular complexity index is 531. The number of hydrogen-bond acceptors (Lipinski definition) is 2. The number of likely N-dealkylation sites (N-methyl/N-ethyl adjacent to an activating group) is 1. The molecule has 1 aliphatic carbocycles. The van der Waals surface area contributed by atoms with Gasteiger partial charge >= 0.3 is 0 Å². The number of aliphatic hydroxyl groups is 1. The molecule has 5 heteroatoms. The summed E-state index contributed by atoms with van der Waals surface area (Å²) in [4.78, 5) is 13.6. The quantitative estimate of drug-likeness (QED) is 0.855. The minimum Gasteiger partial charge on any atom is -0.388 e. The van der Waals surface area contributed by atoms with Crippen LogP contribution in [0.5, 0.6) is 0 Å². The number of nitrogens with zero attached hydrogens (tertiary/aromatic N) is 1. The van der Waals surface area contributed by atoms with Crippen molar-refractivity contribution in [1.29, 1.82) is 0 Å². The summed E-state index contributed by atoms with van der Waals surface area (Å²) in [5, 5.41) is 11.3. The number of rotatable bonds is 4. The van der Waals surface area contributed by atoms with Crippen molar-refractivity contribution in [1.82, 2.24) is 4.90 Å². The number of carbonyl (C=O) groups is 1. The zero-order valence-electron chi connectivity index (χ0n) is 12.0. The monoisotopic (exact) mass is 327 g/mol.